The lowest BCUT2D eigenvalue weighted by Crippen LogP contribution is -2.24. The van der Waals surface area contributed by atoms with Crippen molar-refractivity contribution in [2.75, 3.05) is 26.7 Å². The van der Waals surface area contributed by atoms with E-state index >= 15 is 0 Å². The van der Waals surface area contributed by atoms with Gasteiger partial charge >= 0.3 is 5.97 Å². The van der Waals surface area contributed by atoms with E-state index in [0.29, 0.717) is 13.2 Å². The molecule has 0 amide bonds. The number of carboxylic acid groups (broad SMARTS) is 1. The van der Waals surface area contributed by atoms with E-state index in [1.807, 2.05) is 37.9 Å². The van der Waals surface area contributed by atoms with Gasteiger partial charge in [-0.05, 0) is 50.6 Å². The highest BCUT2D eigenvalue weighted by molar-refractivity contribution is 6.32. The van der Waals surface area contributed by atoms with Crippen LogP contribution in [0.5, 0.6) is 5.75 Å². The van der Waals surface area contributed by atoms with Crippen molar-refractivity contribution in [2.24, 2.45) is 0 Å². The third-order valence-electron chi connectivity index (χ3n) is 3.07. The standard InChI is InChI=1S/C15H22ClNO3/c1-11-9-13(10-12(2)15(11)16)20-8-4-6-17(3)7-5-14(18)19/h9-10H,4-8H2,1-3H3,(H,18,19). The van der Waals surface area contributed by atoms with Gasteiger partial charge in [-0.1, -0.05) is 11.6 Å². The first-order valence-corrected chi connectivity index (χ1v) is 7.08. The van der Waals surface area contributed by atoms with Gasteiger partial charge in [0.2, 0.25) is 0 Å². The van der Waals surface area contributed by atoms with Crippen LogP contribution in [0.2, 0.25) is 5.02 Å². The van der Waals surface area contributed by atoms with Gasteiger partial charge in [-0.15, -0.1) is 0 Å². The average molecular weight is 300 g/mol. The first kappa shape index (κ1) is 16.8. The molecule has 0 saturated heterocycles. The number of carboxylic acids is 1. The third kappa shape index (κ3) is 5.80. The van der Waals surface area contributed by atoms with Crippen LogP contribution < -0.4 is 4.74 Å². The Labute approximate surface area is 125 Å². The number of benzene rings is 1. The van der Waals surface area contributed by atoms with E-state index in [1.54, 1.807) is 0 Å². The Kier molecular flexibility index (Phi) is 6.82. The molecular weight excluding hydrogens is 278 g/mol. The summed E-state index contributed by atoms with van der Waals surface area (Å²) in [5, 5.41) is 9.38. The fourth-order valence-electron chi connectivity index (χ4n) is 1.91. The van der Waals surface area contributed by atoms with Gasteiger partial charge in [0.15, 0.2) is 0 Å². The SMILES string of the molecule is Cc1cc(OCCCN(C)CCC(=O)O)cc(C)c1Cl. The molecule has 0 atom stereocenters. The van der Waals surface area contributed by atoms with Crippen molar-refractivity contribution >= 4 is 17.6 Å². The van der Waals surface area contributed by atoms with Gasteiger partial charge in [0.05, 0.1) is 13.0 Å². The predicted octanol–water partition coefficient (Wildman–Crippen LogP) is 3.13. The van der Waals surface area contributed by atoms with Crippen molar-refractivity contribution < 1.29 is 14.6 Å². The van der Waals surface area contributed by atoms with Crippen LogP contribution >= 0.6 is 11.6 Å². The summed E-state index contributed by atoms with van der Waals surface area (Å²) in [6, 6.07) is 3.87. The molecule has 1 N–H and O–H groups in total. The Bertz CT molecular complexity index is 439. The summed E-state index contributed by atoms with van der Waals surface area (Å²) in [4.78, 5) is 12.4. The molecule has 0 aromatic heterocycles. The lowest BCUT2D eigenvalue weighted by molar-refractivity contribution is -0.137. The minimum atomic E-state index is -0.764. The predicted molar refractivity (Wildman–Crippen MR) is 80.8 cm³/mol. The summed E-state index contributed by atoms with van der Waals surface area (Å²) in [6.07, 6.45) is 1.03. The summed E-state index contributed by atoms with van der Waals surface area (Å²) in [7, 11) is 1.92. The van der Waals surface area contributed by atoms with E-state index in [1.165, 1.54) is 0 Å². The summed E-state index contributed by atoms with van der Waals surface area (Å²) in [5.41, 5.74) is 2.03. The van der Waals surface area contributed by atoms with E-state index in [-0.39, 0.29) is 6.42 Å². The Morgan fingerprint density at radius 2 is 1.90 bits per heavy atom. The Morgan fingerprint density at radius 3 is 2.45 bits per heavy atom. The van der Waals surface area contributed by atoms with Crippen LogP contribution in [0, 0.1) is 13.8 Å². The van der Waals surface area contributed by atoms with E-state index in [0.717, 1.165) is 34.9 Å². The summed E-state index contributed by atoms with van der Waals surface area (Å²) in [5.74, 6) is 0.0674. The van der Waals surface area contributed by atoms with E-state index in [4.69, 9.17) is 21.4 Å². The maximum absolute atomic E-state index is 10.4. The van der Waals surface area contributed by atoms with Gasteiger partial charge in [0.25, 0.3) is 0 Å². The van der Waals surface area contributed by atoms with Crippen molar-refractivity contribution in [3.05, 3.63) is 28.3 Å². The minimum Gasteiger partial charge on any atom is -0.494 e. The van der Waals surface area contributed by atoms with E-state index < -0.39 is 5.97 Å². The van der Waals surface area contributed by atoms with Crippen molar-refractivity contribution in [3.63, 3.8) is 0 Å². The van der Waals surface area contributed by atoms with Crippen molar-refractivity contribution in [3.8, 4) is 5.75 Å². The van der Waals surface area contributed by atoms with Gasteiger partial charge in [0, 0.05) is 18.1 Å². The Balaban J connectivity index is 2.29. The fourth-order valence-corrected chi connectivity index (χ4v) is 2.02. The zero-order valence-corrected chi connectivity index (χ0v) is 13.0. The monoisotopic (exact) mass is 299 g/mol. The molecule has 4 nitrogen and oxygen atoms in total. The van der Waals surface area contributed by atoms with Gasteiger partial charge in [-0.2, -0.15) is 0 Å². The van der Waals surface area contributed by atoms with Gasteiger partial charge < -0.3 is 14.7 Å². The van der Waals surface area contributed by atoms with E-state index in [2.05, 4.69) is 0 Å². The molecule has 1 rings (SSSR count). The largest absolute Gasteiger partial charge is 0.494 e. The van der Waals surface area contributed by atoms with Crippen LogP contribution in [0.25, 0.3) is 0 Å². The molecule has 0 unspecified atom stereocenters. The molecular formula is C15H22ClNO3. The fraction of sp³-hybridized carbons (Fsp3) is 0.533. The smallest absolute Gasteiger partial charge is 0.304 e. The normalized spacial score (nSPS) is 10.8. The molecule has 0 radical (unpaired) electrons. The summed E-state index contributed by atoms with van der Waals surface area (Å²) in [6.45, 7) is 5.91. The second-order valence-electron chi connectivity index (χ2n) is 5.02. The van der Waals surface area contributed by atoms with Gasteiger partial charge in [-0.3, -0.25) is 4.79 Å². The number of hydrogen-bond donors (Lipinski definition) is 1. The number of nitrogens with zero attached hydrogens (tertiary/aromatic N) is 1. The number of carbonyl (C=O) groups is 1. The topological polar surface area (TPSA) is 49.8 Å². The Morgan fingerprint density at radius 1 is 1.30 bits per heavy atom. The second-order valence-corrected chi connectivity index (χ2v) is 5.40. The van der Waals surface area contributed by atoms with Crippen LogP contribution in [-0.2, 0) is 4.79 Å². The number of hydrogen-bond acceptors (Lipinski definition) is 3. The van der Waals surface area contributed by atoms with Crippen molar-refractivity contribution in [1.29, 1.82) is 0 Å². The molecule has 0 aliphatic rings. The quantitative estimate of drug-likeness (QED) is 0.749. The number of ether oxygens (including phenoxy) is 1. The van der Waals surface area contributed by atoms with Gasteiger partial charge in [0.1, 0.15) is 5.75 Å². The second kappa shape index (κ2) is 8.12. The lowest BCUT2D eigenvalue weighted by Gasteiger charge is -2.15. The highest BCUT2D eigenvalue weighted by Crippen LogP contribution is 2.25. The average Bonchev–Trinajstić information content (AvgIpc) is 2.38. The molecule has 0 saturated carbocycles. The Hall–Kier alpha value is -1.26. The highest BCUT2D eigenvalue weighted by atomic mass is 35.5. The van der Waals surface area contributed by atoms with Crippen molar-refractivity contribution in [2.45, 2.75) is 26.7 Å². The number of rotatable bonds is 8. The number of halogens is 1. The maximum Gasteiger partial charge on any atom is 0.304 e. The molecule has 5 heteroatoms. The van der Waals surface area contributed by atoms with Crippen LogP contribution in [0.3, 0.4) is 0 Å². The number of aliphatic carboxylic acids is 1. The maximum atomic E-state index is 10.4. The van der Waals surface area contributed by atoms with Crippen LogP contribution in [0.15, 0.2) is 12.1 Å². The molecule has 20 heavy (non-hydrogen) atoms. The molecule has 0 aliphatic heterocycles. The van der Waals surface area contributed by atoms with Crippen LogP contribution in [0.1, 0.15) is 24.0 Å². The zero-order valence-electron chi connectivity index (χ0n) is 12.3. The van der Waals surface area contributed by atoms with Crippen LogP contribution in [-0.4, -0.2) is 42.7 Å². The van der Waals surface area contributed by atoms with Crippen LogP contribution in [0.4, 0.5) is 0 Å². The number of aryl methyl sites for hydroxylation is 2. The molecule has 0 spiro atoms. The van der Waals surface area contributed by atoms with E-state index in [9.17, 15) is 4.79 Å². The minimum absolute atomic E-state index is 0.174. The third-order valence-corrected chi connectivity index (χ3v) is 3.67. The summed E-state index contributed by atoms with van der Waals surface area (Å²) < 4.78 is 5.70. The highest BCUT2D eigenvalue weighted by Gasteiger charge is 2.05. The molecule has 1 aromatic carbocycles. The lowest BCUT2D eigenvalue weighted by atomic mass is 10.1. The molecule has 1 aromatic rings. The molecule has 0 fully saturated rings. The van der Waals surface area contributed by atoms with Crippen molar-refractivity contribution in [1.82, 2.24) is 4.90 Å². The zero-order chi connectivity index (χ0) is 15.1. The first-order valence-electron chi connectivity index (χ1n) is 6.70. The molecule has 0 bridgehead atoms. The van der Waals surface area contributed by atoms with Gasteiger partial charge in [-0.25, -0.2) is 0 Å². The summed E-state index contributed by atoms with van der Waals surface area (Å²) >= 11 is 6.10. The molecule has 0 heterocycles. The first-order chi connectivity index (χ1) is 9.40. The molecule has 0 aliphatic carbocycles. The molecule has 112 valence electrons.